The molecule has 0 aliphatic carbocycles. The van der Waals surface area contributed by atoms with Crippen molar-refractivity contribution in [2.45, 2.75) is 45.1 Å². The largest absolute Gasteiger partial charge is 0.459 e. The van der Waals surface area contributed by atoms with Crippen molar-refractivity contribution in [2.24, 2.45) is 0 Å². The van der Waals surface area contributed by atoms with Gasteiger partial charge in [0.1, 0.15) is 6.10 Å². The molecular weight excluding hydrogens is 420 g/mol. The fraction of sp³-hybridized carbons (Fsp3) is 0.391. The van der Waals surface area contributed by atoms with E-state index in [4.69, 9.17) is 4.74 Å². The van der Waals surface area contributed by atoms with Gasteiger partial charge in [-0.3, -0.25) is 0 Å². The van der Waals surface area contributed by atoms with Crippen molar-refractivity contribution in [3.8, 4) is 11.7 Å². The van der Waals surface area contributed by atoms with Gasteiger partial charge in [0, 0.05) is 44.5 Å². The molecule has 1 unspecified atom stereocenters. The maximum atomic E-state index is 9.97. The topological polar surface area (TPSA) is 115 Å². The summed E-state index contributed by atoms with van der Waals surface area (Å²) in [7, 11) is 0. The number of benzene rings is 1. The summed E-state index contributed by atoms with van der Waals surface area (Å²) >= 11 is 0. The molecular formula is C23H28N8O2. The molecule has 1 aliphatic rings. The fourth-order valence-corrected chi connectivity index (χ4v) is 4.04. The van der Waals surface area contributed by atoms with Crippen molar-refractivity contribution in [3.05, 3.63) is 54.6 Å². The molecule has 10 heteroatoms. The van der Waals surface area contributed by atoms with Gasteiger partial charge in [-0.15, -0.1) is 0 Å². The number of piperidine rings is 1. The molecule has 172 valence electrons. The van der Waals surface area contributed by atoms with E-state index in [-0.39, 0.29) is 18.2 Å². The number of ether oxygens (including phenoxy) is 1. The third-order valence-corrected chi connectivity index (χ3v) is 5.71. The first kappa shape index (κ1) is 21.4. The van der Waals surface area contributed by atoms with Gasteiger partial charge >= 0.3 is 6.01 Å². The number of nitrogens with one attached hydrogen (secondary N) is 2. The standard InChI is InChI=1S/C23H28N8O2/c1-15(2)30-14-26-20-21(25-11-16-6-3-4-7-19(16)31-9-5-8-27-31)28-23(29-22(20)30)33-18-10-17(32)12-24-13-18/h3-9,14-15,17-18,24,32H,10-13H2,1-2H3,(H,25,28,29)/t17?,18-/m1/s1. The zero-order valence-electron chi connectivity index (χ0n) is 18.7. The van der Waals surface area contributed by atoms with Crippen LogP contribution in [-0.2, 0) is 6.54 Å². The van der Waals surface area contributed by atoms with Gasteiger partial charge in [-0.1, -0.05) is 18.2 Å². The molecule has 4 heterocycles. The molecule has 3 aromatic heterocycles. The number of hydrogen-bond donors (Lipinski definition) is 3. The summed E-state index contributed by atoms with van der Waals surface area (Å²) in [5, 5.41) is 20.9. The van der Waals surface area contributed by atoms with Crippen LogP contribution in [0.5, 0.6) is 6.01 Å². The van der Waals surface area contributed by atoms with Crippen LogP contribution in [0.2, 0.25) is 0 Å². The predicted octanol–water partition coefficient (Wildman–Crippen LogP) is 2.31. The molecule has 0 amide bonds. The molecule has 0 saturated carbocycles. The molecule has 5 rings (SSSR count). The summed E-state index contributed by atoms with van der Waals surface area (Å²) < 4.78 is 9.92. The van der Waals surface area contributed by atoms with Gasteiger partial charge in [-0.2, -0.15) is 15.1 Å². The number of fused-ring (bicyclic) bond motifs is 1. The predicted molar refractivity (Wildman–Crippen MR) is 125 cm³/mol. The van der Waals surface area contributed by atoms with Crippen LogP contribution in [0.25, 0.3) is 16.9 Å². The number of aliphatic hydroxyl groups excluding tert-OH is 1. The molecule has 4 aromatic rings. The number of nitrogens with zero attached hydrogens (tertiary/aromatic N) is 6. The first-order valence-corrected chi connectivity index (χ1v) is 11.2. The molecule has 33 heavy (non-hydrogen) atoms. The first-order valence-electron chi connectivity index (χ1n) is 11.2. The normalized spacial score (nSPS) is 18.7. The summed E-state index contributed by atoms with van der Waals surface area (Å²) in [5.41, 5.74) is 3.46. The second-order valence-corrected chi connectivity index (χ2v) is 8.49. The lowest BCUT2D eigenvalue weighted by Crippen LogP contribution is -2.45. The molecule has 2 atom stereocenters. The van der Waals surface area contributed by atoms with Gasteiger partial charge in [0.05, 0.1) is 18.1 Å². The van der Waals surface area contributed by atoms with E-state index >= 15 is 0 Å². The van der Waals surface area contributed by atoms with Gasteiger partial charge in [-0.25, -0.2) is 9.67 Å². The smallest absolute Gasteiger partial charge is 0.320 e. The lowest BCUT2D eigenvalue weighted by Gasteiger charge is -2.26. The van der Waals surface area contributed by atoms with E-state index in [0.29, 0.717) is 43.0 Å². The van der Waals surface area contributed by atoms with E-state index < -0.39 is 6.10 Å². The zero-order chi connectivity index (χ0) is 22.8. The lowest BCUT2D eigenvalue weighted by atomic mass is 10.1. The van der Waals surface area contributed by atoms with Crippen LogP contribution in [0.1, 0.15) is 31.9 Å². The summed E-state index contributed by atoms with van der Waals surface area (Å²) in [6.45, 7) is 5.90. The molecule has 0 spiro atoms. The van der Waals surface area contributed by atoms with Crippen molar-refractivity contribution < 1.29 is 9.84 Å². The van der Waals surface area contributed by atoms with Gasteiger partial charge < -0.3 is 25.0 Å². The third kappa shape index (κ3) is 4.53. The summed E-state index contributed by atoms with van der Waals surface area (Å²) in [6.07, 6.45) is 5.36. The second-order valence-electron chi connectivity index (χ2n) is 8.49. The molecule has 0 bridgehead atoms. The minimum atomic E-state index is -0.440. The van der Waals surface area contributed by atoms with Crippen LogP contribution >= 0.6 is 0 Å². The fourth-order valence-electron chi connectivity index (χ4n) is 4.04. The van der Waals surface area contributed by atoms with E-state index in [1.807, 2.05) is 39.7 Å². The van der Waals surface area contributed by atoms with Crippen molar-refractivity contribution >= 4 is 17.0 Å². The van der Waals surface area contributed by atoms with Gasteiger partial charge in [0.15, 0.2) is 17.0 Å². The number of β-amino-alcohol motifs (C(OH)–C–C–N with tert-alkyl or cyclic N) is 1. The first-order chi connectivity index (χ1) is 16.1. The Labute approximate surface area is 191 Å². The third-order valence-electron chi connectivity index (χ3n) is 5.71. The summed E-state index contributed by atoms with van der Waals surface area (Å²) in [6, 6.07) is 10.4. The van der Waals surface area contributed by atoms with Crippen LogP contribution < -0.4 is 15.4 Å². The Morgan fingerprint density at radius 1 is 1.21 bits per heavy atom. The highest BCUT2D eigenvalue weighted by molar-refractivity contribution is 5.83. The summed E-state index contributed by atoms with van der Waals surface area (Å²) in [4.78, 5) is 13.9. The average molecular weight is 449 g/mol. The Hall–Kier alpha value is -3.50. The number of aromatic nitrogens is 6. The minimum absolute atomic E-state index is 0.185. The average Bonchev–Trinajstić information content (AvgIpc) is 3.48. The van der Waals surface area contributed by atoms with Crippen LogP contribution in [0, 0.1) is 0 Å². The van der Waals surface area contributed by atoms with Gasteiger partial charge in [0.25, 0.3) is 0 Å². The number of imidazole rings is 1. The van der Waals surface area contributed by atoms with E-state index in [0.717, 1.165) is 11.3 Å². The highest BCUT2D eigenvalue weighted by Gasteiger charge is 2.23. The molecule has 1 fully saturated rings. The quantitative estimate of drug-likeness (QED) is 0.395. The van der Waals surface area contributed by atoms with Gasteiger partial charge in [-0.05, 0) is 31.5 Å². The van der Waals surface area contributed by atoms with E-state index in [2.05, 4.69) is 50.6 Å². The Balaban J connectivity index is 1.46. The van der Waals surface area contributed by atoms with E-state index in [9.17, 15) is 5.11 Å². The highest BCUT2D eigenvalue weighted by Crippen LogP contribution is 2.26. The zero-order valence-corrected chi connectivity index (χ0v) is 18.7. The van der Waals surface area contributed by atoms with E-state index in [1.165, 1.54) is 0 Å². The molecule has 1 saturated heterocycles. The number of hydrogen-bond acceptors (Lipinski definition) is 8. The maximum absolute atomic E-state index is 9.97. The van der Waals surface area contributed by atoms with Crippen LogP contribution in [-0.4, -0.2) is 59.7 Å². The van der Waals surface area contributed by atoms with Crippen LogP contribution in [0.4, 0.5) is 5.82 Å². The monoisotopic (exact) mass is 448 g/mol. The Kier molecular flexibility index (Phi) is 5.93. The number of anilines is 1. The van der Waals surface area contributed by atoms with Crippen molar-refractivity contribution in [3.63, 3.8) is 0 Å². The number of aliphatic hydroxyl groups is 1. The lowest BCUT2D eigenvalue weighted by molar-refractivity contribution is 0.0612. The number of rotatable bonds is 7. The van der Waals surface area contributed by atoms with Crippen molar-refractivity contribution in [1.29, 1.82) is 0 Å². The maximum Gasteiger partial charge on any atom is 0.320 e. The minimum Gasteiger partial charge on any atom is -0.459 e. The Bertz CT molecular complexity index is 1220. The summed E-state index contributed by atoms with van der Waals surface area (Å²) in [5.74, 6) is 0.606. The molecule has 3 N–H and O–H groups in total. The highest BCUT2D eigenvalue weighted by atomic mass is 16.5. The molecule has 10 nitrogen and oxygen atoms in total. The van der Waals surface area contributed by atoms with E-state index in [1.54, 1.807) is 12.5 Å². The SMILES string of the molecule is CC(C)n1cnc2c(NCc3ccccc3-n3cccn3)nc(O[C@H]3CNCC(O)C3)nc21. The Morgan fingerprint density at radius 3 is 2.88 bits per heavy atom. The molecule has 1 aliphatic heterocycles. The number of para-hydroxylation sites is 1. The van der Waals surface area contributed by atoms with Crippen LogP contribution in [0.15, 0.2) is 49.1 Å². The Morgan fingerprint density at radius 2 is 2.09 bits per heavy atom. The molecule has 1 aromatic carbocycles. The van der Waals surface area contributed by atoms with Crippen LogP contribution in [0.3, 0.4) is 0 Å². The second kappa shape index (κ2) is 9.16. The van der Waals surface area contributed by atoms with Crippen molar-refractivity contribution in [2.75, 3.05) is 18.4 Å². The van der Waals surface area contributed by atoms with Gasteiger partial charge in [0.2, 0.25) is 0 Å². The van der Waals surface area contributed by atoms with Crippen molar-refractivity contribution in [1.82, 2.24) is 34.6 Å². The molecule has 0 radical (unpaired) electrons.